The third-order valence-electron chi connectivity index (χ3n) is 2.07. The summed E-state index contributed by atoms with van der Waals surface area (Å²) in [6.45, 7) is 7.50. The third kappa shape index (κ3) is 4.47. The van der Waals surface area contributed by atoms with Gasteiger partial charge in [-0.05, 0) is 32.9 Å². The van der Waals surface area contributed by atoms with E-state index in [0.717, 1.165) is 5.69 Å². The standard InChI is InChI=1S/C12H21NO3Si/c1-4-14-17(15-5-2,16-6-3)13-12-10-8-7-9-11-12/h7-11,13H,4-6H2,1-3H3. The Kier molecular flexibility index (Phi) is 6.21. The monoisotopic (exact) mass is 255 g/mol. The molecule has 0 atom stereocenters. The number of para-hydroxylation sites is 1. The van der Waals surface area contributed by atoms with Gasteiger partial charge in [-0.3, -0.25) is 0 Å². The van der Waals surface area contributed by atoms with Crippen LogP contribution >= 0.6 is 0 Å². The molecule has 0 aromatic heterocycles. The molecule has 0 heterocycles. The Balaban J connectivity index is 2.80. The number of anilines is 1. The fraction of sp³-hybridized carbons (Fsp3) is 0.500. The van der Waals surface area contributed by atoms with Crippen LogP contribution in [0, 0.1) is 0 Å². The molecule has 0 bridgehead atoms. The Morgan fingerprint density at radius 1 is 0.882 bits per heavy atom. The smallest absolute Gasteiger partial charge is 0.357 e. The van der Waals surface area contributed by atoms with Crippen LogP contribution in [0.25, 0.3) is 0 Å². The molecule has 0 unspecified atom stereocenters. The highest BCUT2D eigenvalue weighted by Crippen LogP contribution is 2.15. The molecule has 0 fully saturated rings. The molecule has 0 saturated heterocycles. The fourth-order valence-corrected chi connectivity index (χ4v) is 3.63. The Morgan fingerprint density at radius 3 is 1.76 bits per heavy atom. The largest absolute Gasteiger partial charge is 0.631 e. The molecule has 1 rings (SSSR count). The van der Waals surface area contributed by atoms with E-state index in [0.29, 0.717) is 19.8 Å². The molecule has 0 spiro atoms. The minimum Gasteiger partial charge on any atom is -0.357 e. The van der Waals surface area contributed by atoms with Crippen LogP contribution in [-0.2, 0) is 13.3 Å². The van der Waals surface area contributed by atoms with Gasteiger partial charge in [0.25, 0.3) is 0 Å². The van der Waals surface area contributed by atoms with Crippen molar-refractivity contribution in [1.29, 1.82) is 0 Å². The molecule has 17 heavy (non-hydrogen) atoms. The first-order chi connectivity index (χ1) is 8.26. The van der Waals surface area contributed by atoms with Crippen LogP contribution in [0.15, 0.2) is 30.3 Å². The van der Waals surface area contributed by atoms with Crippen LogP contribution in [0.1, 0.15) is 20.8 Å². The number of nitrogens with one attached hydrogen (secondary N) is 1. The lowest BCUT2D eigenvalue weighted by Gasteiger charge is -2.28. The predicted octanol–water partition coefficient (Wildman–Crippen LogP) is 2.64. The van der Waals surface area contributed by atoms with E-state index in [1.54, 1.807) is 0 Å². The van der Waals surface area contributed by atoms with E-state index < -0.39 is 8.97 Å². The van der Waals surface area contributed by atoms with Gasteiger partial charge in [-0.2, -0.15) is 0 Å². The predicted molar refractivity (Wildman–Crippen MR) is 70.7 cm³/mol. The highest BCUT2D eigenvalue weighted by atomic mass is 28.4. The summed E-state index contributed by atoms with van der Waals surface area (Å²) in [5.74, 6) is 0. The van der Waals surface area contributed by atoms with Gasteiger partial charge in [-0.1, -0.05) is 18.2 Å². The van der Waals surface area contributed by atoms with Crippen molar-refractivity contribution >= 4 is 14.7 Å². The molecule has 1 aromatic carbocycles. The molecular formula is C12H21NO3Si. The molecule has 5 heteroatoms. The minimum absolute atomic E-state index is 0.562. The molecule has 0 saturated carbocycles. The SMILES string of the molecule is CCO[Si](Nc1ccccc1)(OCC)OCC. The second-order valence-electron chi connectivity index (χ2n) is 3.35. The van der Waals surface area contributed by atoms with E-state index in [1.807, 2.05) is 51.1 Å². The second kappa shape index (κ2) is 7.44. The summed E-state index contributed by atoms with van der Waals surface area (Å²) in [6, 6.07) is 9.84. The maximum absolute atomic E-state index is 5.70. The zero-order valence-corrected chi connectivity index (χ0v) is 11.7. The normalized spacial score (nSPS) is 11.5. The zero-order chi connectivity index (χ0) is 12.6. The lowest BCUT2D eigenvalue weighted by molar-refractivity contribution is 0.0785. The van der Waals surface area contributed by atoms with Crippen LogP contribution in [0.5, 0.6) is 0 Å². The van der Waals surface area contributed by atoms with Crippen molar-refractivity contribution in [1.82, 2.24) is 0 Å². The molecule has 96 valence electrons. The van der Waals surface area contributed by atoms with Crippen molar-refractivity contribution in [2.24, 2.45) is 0 Å². The lowest BCUT2D eigenvalue weighted by atomic mass is 10.3. The molecule has 0 aliphatic rings. The van der Waals surface area contributed by atoms with Crippen LogP contribution in [0.3, 0.4) is 0 Å². The third-order valence-corrected chi connectivity index (χ3v) is 4.68. The molecule has 1 aromatic rings. The number of hydrogen-bond donors (Lipinski definition) is 1. The highest BCUT2D eigenvalue weighted by molar-refractivity contribution is 6.64. The summed E-state index contributed by atoms with van der Waals surface area (Å²) < 4.78 is 17.1. The average Bonchev–Trinajstić information content (AvgIpc) is 2.31. The van der Waals surface area contributed by atoms with Crippen molar-refractivity contribution < 1.29 is 13.3 Å². The molecule has 1 N–H and O–H groups in total. The summed E-state index contributed by atoms with van der Waals surface area (Å²) >= 11 is 0. The van der Waals surface area contributed by atoms with Crippen molar-refractivity contribution in [3.8, 4) is 0 Å². The Morgan fingerprint density at radius 2 is 1.35 bits per heavy atom. The lowest BCUT2D eigenvalue weighted by Crippen LogP contribution is -2.53. The van der Waals surface area contributed by atoms with Gasteiger partial charge < -0.3 is 18.3 Å². The first-order valence-electron chi connectivity index (χ1n) is 6.01. The topological polar surface area (TPSA) is 39.7 Å². The van der Waals surface area contributed by atoms with Crippen molar-refractivity contribution in [3.05, 3.63) is 30.3 Å². The van der Waals surface area contributed by atoms with E-state index in [2.05, 4.69) is 4.98 Å². The molecular weight excluding hydrogens is 234 g/mol. The summed E-state index contributed by atoms with van der Waals surface area (Å²) in [6.07, 6.45) is 0. The summed E-state index contributed by atoms with van der Waals surface area (Å²) in [4.78, 5) is 3.27. The van der Waals surface area contributed by atoms with Gasteiger partial charge in [0.1, 0.15) is 0 Å². The Labute approximate surface area is 104 Å². The van der Waals surface area contributed by atoms with Gasteiger partial charge in [-0.15, -0.1) is 0 Å². The van der Waals surface area contributed by atoms with Crippen molar-refractivity contribution in [2.45, 2.75) is 20.8 Å². The van der Waals surface area contributed by atoms with Crippen LogP contribution in [0.4, 0.5) is 5.69 Å². The van der Waals surface area contributed by atoms with Gasteiger partial charge in [0, 0.05) is 25.5 Å². The fourth-order valence-electron chi connectivity index (χ4n) is 1.50. The summed E-state index contributed by atoms with van der Waals surface area (Å²) in [7, 11) is -2.79. The van der Waals surface area contributed by atoms with Crippen molar-refractivity contribution in [2.75, 3.05) is 24.8 Å². The quantitative estimate of drug-likeness (QED) is 0.725. The summed E-state index contributed by atoms with van der Waals surface area (Å²) in [5.41, 5.74) is 0.953. The van der Waals surface area contributed by atoms with E-state index in [1.165, 1.54) is 0 Å². The first-order valence-corrected chi connectivity index (χ1v) is 7.74. The highest BCUT2D eigenvalue weighted by Gasteiger charge is 2.42. The number of benzene rings is 1. The van der Waals surface area contributed by atoms with Crippen LogP contribution < -0.4 is 4.98 Å². The molecule has 4 nitrogen and oxygen atoms in total. The van der Waals surface area contributed by atoms with Gasteiger partial charge in [0.05, 0.1) is 0 Å². The molecule has 0 amide bonds. The van der Waals surface area contributed by atoms with Gasteiger partial charge in [-0.25, -0.2) is 0 Å². The Hall–Kier alpha value is -0.883. The first kappa shape index (κ1) is 14.2. The van der Waals surface area contributed by atoms with Gasteiger partial charge >= 0.3 is 8.97 Å². The Bertz CT molecular complexity index is 291. The molecule has 0 aliphatic carbocycles. The van der Waals surface area contributed by atoms with Gasteiger partial charge in [0.15, 0.2) is 0 Å². The average molecular weight is 255 g/mol. The van der Waals surface area contributed by atoms with E-state index in [-0.39, 0.29) is 0 Å². The van der Waals surface area contributed by atoms with E-state index in [9.17, 15) is 0 Å². The van der Waals surface area contributed by atoms with E-state index >= 15 is 0 Å². The van der Waals surface area contributed by atoms with Crippen LogP contribution in [-0.4, -0.2) is 28.8 Å². The molecule has 0 aliphatic heterocycles. The number of hydrogen-bond acceptors (Lipinski definition) is 4. The zero-order valence-electron chi connectivity index (χ0n) is 10.7. The minimum atomic E-state index is -2.79. The second-order valence-corrected chi connectivity index (χ2v) is 5.57. The summed E-state index contributed by atoms with van der Waals surface area (Å²) in [5, 5.41) is 0. The number of rotatable bonds is 8. The van der Waals surface area contributed by atoms with Gasteiger partial charge in [0.2, 0.25) is 0 Å². The maximum atomic E-state index is 5.70. The molecule has 0 radical (unpaired) electrons. The van der Waals surface area contributed by atoms with Crippen LogP contribution in [0.2, 0.25) is 0 Å². The van der Waals surface area contributed by atoms with E-state index in [4.69, 9.17) is 13.3 Å². The van der Waals surface area contributed by atoms with Crippen molar-refractivity contribution in [3.63, 3.8) is 0 Å². The maximum Gasteiger partial charge on any atom is 0.631 e.